The van der Waals surface area contributed by atoms with Crippen molar-refractivity contribution in [1.82, 2.24) is 10.2 Å². The van der Waals surface area contributed by atoms with Gasteiger partial charge in [-0.2, -0.15) is 0 Å². The van der Waals surface area contributed by atoms with E-state index in [0.717, 1.165) is 24.0 Å². The van der Waals surface area contributed by atoms with Crippen molar-refractivity contribution in [3.8, 4) is 0 Å². The number of fused-ring (bicyclic) bond motifs is 1. The topological polar surface area (TPSA) is 58.6 Å². The molecule has 2 saturated heterocycles. The molecule has 2 aromatic rings. The molecule has 5 heteroatoms. The van der Waals surface area contributed by atoms with E-state index in [1.54, 1.807) is 0 Å². The summed E-state index contributed by atoms with van der Waals surface area (Å²) >= 11 is 0. The van der Waals surface area contributed by atoms with E-state index in [9.17, 15) is 9.59 Å². The highest BCUT2D eigenvalue weighted by molar-refractivity contribution is 5.79. The first kappa shape index (κ1) is 19.5. The maximum absolute atomic E-state index is 12.9. The lowest BCUT2D eigenvalue weighted by atomic mass is 9.70. The van der Waals surface area contributed by atoms with Gasteiger partial charge in [0.2, 0.25) is 0 Å². The van der Waals surface area contributed by atoms with Crippen LogP contribution in [0.5, 0.6) is 0 Å². The Bertz CT molecular complexity index is 813. The van der Waals surface area contributed by atoms with Gasteiger partial charge in [-0.05, 0) is 12.8 Å². The van der Waals surface area contributed by atoms with Crippen LogP contribution >= 0.6 is 0 Å². The minimum absolute atomic E-state index is 0.0497. The molecule has 2 aliphatic heterocycles. The third-order valence-electron chi connectivity index (χ3n) is 6.20. The van der Waals surface area contributed by atoms with Crippen LogP contribution in [0, 0.1) is 11.8 Å². The Labute approximate surface area is 172 Å². The van der Waals surface area contributed by atoms with Crippen LogP contribution in [0.2, 0.25) is 0 Å². The van der Waals surface area contributed by atoms with Gasteiger partial charge in [-0.3, -0.25) is 4.79 Å². The maximum Gasteiger partial charge on any atom is 0.317 e. The van der Waals surface area contributed by atoms with Crippen LogP contribution in [0.4, 0.5) is 4.79 Å². The number of piperidine rings is 1. The van der Waals surface area contributed by atoms with Crippen molar-refractivity contribution in [3.63, 3.8) is 0 Å². The number of esters is 1. The Morgan fingerprint density at radius 3 is 2.31 bits per heavy atom. The van der Waals surface area contributed by atoms with E-state index in [2.05, 4.69) is 12.2 Å². The van der Waals surface area contributed by atoms with Crippen LogP contribution in [0.15, 0.2) is 60.7 Å². The lowest BCUT2D eigenvalue weighted by molar-refractivity contribution is -0.149. The van der Waals surface area contributed by atoms with Crippen molar-refractivity contribution < 1.29 is 14.3 Å². The number of benzene rings is 2. The van der Waals surface area contributed by atoms with E-state index in [1.165, 1.54) is 0 Å². The number of carbonyl (C=O) groups excluding carboxylic acids is 2. The summed E-state index contributed by atoms with van der Waals surface area (Å²) in [6, 6.07) is 19.8. The first-order valence-electron chi connectivity index (χ1n) is 10.5. The highest BCUT2D eigenvalue weighted by Gasteiger charge is 2.59. The number of urea groups is 1. The number of carbonyl (C=O) groups is 2. The van der Waals surface area contributed by atoms with Gasteiger partial charge in [0.25, 0.3) is 0 Å². The number of nitrogens with zero attached hydrogens (tertiary/aromatic N) is 1. The molecule has 2 heterocycles. The molecule has 1 N–H and O–H groups in total. The summed E-state index contributed by atoms with van der Waals surface area (Å²) in [6.45, 7) is 3.86. The van der Waals surface area contributed by atoms with E-state index in [0.29, 0.717) is 26.1 Å². The zero-order valence-electron chi connectivity index (χ0n) is 16.8. The second-order valence-corrected chi connectivity index (χ2v) is 7.92. The van der Waals surface area contributed by atoms with Gasteiger partial charge >= 0.3 is 12.0 Å². The lowest BCUT2D eigenvalue weighted by Gasteiger charge is -2.41. The second-order valence-electron chi connectivity index (χ2n) is 7.92. The average Bonchev–Trinajstić information content (AvgIpc) is 3.08. The average molecular weight is 392 g/mol. The monoisotopic (exact) mass is 392 g/mol. The summed E-state index contributed by atoms with van der Waals surface area (Å²) in [5.41, 5.74) is 1.05. The van der Waals surface area contributed by atoms with Crippen LogP contribution in [0.25, 0.3) is 0 Å². The summed E-state index contributed by atoms with van der Waals surface area (Å²) in [4.78, 5) is 27.5. The Balaban J connectivity index is 1.70. The molecule has 5 nitrogen and oxygen atoms in total. The normalized spacial score (nSPS) is 22.7. The van der Waals surface area contributed by atoms with E-state index in [-0.39, 0.29) is 23.8 Å². The first-order valence-corrected chi connectivity index (χ1v) is 10.5. The number of unbranched alkanes of at least 4 members (excludes halogenated alkanes) is 1. The van der Waals surface area contributed by atoms with Crippen molar-refractivity contribution >= 4 is 12.0 Å². The van der Waals surface area contributed by atoms with Crippen LogP contribution in [0.3, 0.4) is 0 Å². The third-order valence-corrected chi connectivity index (χ3v) is 6.20. The fraction of sp³-hybridized carbons (Fsp3) is 0.417. The van der Waals surface area contributed by atoms with Gasteiger partial charge in [0.1, 0.15) is 0 Å². The van der Waals surface area contributed by atoms with Crippen LogP contribution < -0.4 is 5.32 Å². The van der Waals surface area contributed by atoms with Gasteiger partial charge in [0.05, 0.1) is 5.92 Å². The summed E-state index contributed by atoms with van der Waals surface area (Å²) in [7, 11) is 0. The molecule has 0 bridgehead atoms. The van der Waals surface area contributed by atoms with Gasteiger partial charge in [-0.25, -0.2) is 4.79 Å². The largest absolute Gasteiger partial charge is 0.449 e. The Morgan fingerprint density at radius 1 is 1.10 bits per heavy atom. The summed E-state index contributed by atoms with van der Waals surface area (Å²) in [5, 5.41) is 3.01. The molecule has 2 aliphatic rings. The van der Waals surface area contributed by atoms with Crippen molar-refractivity contribution in [2.75, 3.05) is 19.6 Å². The minimum atomic E-state index is -0.868. The number of hydrogen-bond donors (Lipinski definition) is 1. The zero-order chi connectivity index (χ0) is 20.3. The van der Waals surface area contributed by atoms with Crippen molar-refractivity contribution in [2.24, 2.45) is 11.8 Å². The third kappa shape index (κ3) is 3.50. The quantitative estimate of drug-likeness (QED) is 0.619. The molecule has 0 aromatic heterocycles. The number of cyclic esters (lactones) is 1. The van der Waals surface area contributed by atoms with Crippen LogP contribution in [-0.4, -0.2) is 36.5 Å². The van der Waals surface area contributed by atoms with Crippen LogP contribution in [0.1, 0.15) is 37.3 Å². The highest BCUT2D eigenvalue weighted by Crippen LogP contribution is 2.52. The van der Waals surface area contributed by atoms with E-state index in [4.69, 9.17) is 4.74 Å². The molecule has 29 heavy (non-hydrogen) atoms. The molecule has 2 amide bonds. The molecule has 0 spiro atoms. The molecule has 0 radical (unpaired) electrons. The van der Waals surface area contributed by atoms with Gasteiger partial charge in [0.15, 0.2) is 5.60 Å². The van der Waals surface area contributed by atoms with E-state index >= 15 is 0 Å². The molecule has 0 saturated carbocycles. The van der Waals surface area contributed by atoms with E-state index < -0.39 is 5.60 Å². The predicted octanol–water partition coefficient (Wildman–Crippen LogP) is 3.93. The Kier molecular flexibility index (Phi) is 5.56. The number of hydrogen-bond acceptors (Lipinski definition) is 3. The number of rotatable bonds is 5. The van der Waals surface area contributed by atoms with Crippen LogP contribution in [-0.2, 0) is 15.1 Å². The van der Waals surface area contributed by atoms with Crippen molar-refractivity contribution in [1.29, 1.82) is 0 Å². The summed E-state index contributed by atoms with van der Waals surface area (Å²) in [6.07, 6.45) is 2.63. The van der Waals surface area contributed by atoms with Gasteiger partial charge in [-0.1, -0.05) is 74.0 Å². The molecule has 2 atom stereocenters. The van der Waals surface area contributed by atoms with Gasteiger partial charge < -0.3 is 15.0 Å². The number of ether oxygens (including phenoxy) is 1. The number of nitrogens with one attached hydrogen (secondary N) is 1. The SMILES string of the molecule is CCCCNC(=O)N1CC[C@H]2C(=O)OC(c3ccccc3)(c3ccccc3)[C@@H]2C1. The van der Waals surface area contributed by atoms with Crippen molar-refractivity contribution in [2.45, 2.75) is 31.8 Å². The maximum atomic E-state index is 12.9. The zero-order valence-corrected chi connectivity index (χ0v) is 16.8. The molecular weight excluding hydrogens is 364 g/mol. The molecule has 2 aromatic carbocycles. The number of likely N-dealkylation sites (tertiary alicyclic amines) is 1. The standard InChI is InChI=1S/C24H28N2O3/c1-2-3-15-25-23(28)26-16-14-20-21(17-26)24(29-22(20)27,18-10-6-4-7-11-18)19-12-8-5-9-13-19/h4-13,20-21H,2-3,14-17H2,1H3,(H,25,28)/t20-,21-/m1/s1. The second kappa shape index (κ2) is 8.27. The smallest absolute Gasteiger partial charge is 0.317 e. The highest BCUT2D eigenvalue weighted by atomic mass is 16.6. The molecule has 0 unspecified atom stereocenters. The lowest BCUT2D eigenvalue weighted by Crippen LogP contribution is -2.52. The Hall–Kier alpha value is -2.82. The molecule has 2 fully saturated rings. The van der Waals surface area contributed by atoms with Gasteiger partial charge in [-0.15, -0.1) is 0 Å². The molecular formula is C24H28N2O3. The van der Waals surface area contributed by atoms with Crippen molar-refractivity contribution in [3.05, 3.63) is 71.8 Å². The summed E-state index contributed by atoms with van der Waals surface area (Å²) in [5.74, 6) is -0.477. The molecule has 152 valence electrons. The fourth-order valence-corrected chi connectivity index (χ4v) is 4.71. The fourth-order valence-electron chi connectivity index (χ4n) is 4.71. The molecule has 4 rings (SSSR count). The number of amides is 2. The summed E-state index contributed by atoms with van der Waals surface area (Å²) < 4.78 is 6.20. The predicted molar refractivity (Wildman–Crippen MR) is 111 cm³/mol. The van der Waals surface area contributed by atoms with Gasteiger partial charge in [0, 0.05) is 36.7 Å². The Morgan fingerprint density at radius 2 is 1.72 bits per heavy atom. The minimum Gasteiger partial charge on any atom is -0.449 e. The molecule has 0 aliphatic carbocycles. The van der Waals surface area contributed by atoms with E-state index in [1.807, 2.05) is 65.6 Å². The first-order chi connectivity index (χ1) is 14.2.